The van der Waals surface area contributed by atoms with Crippen LogP contribution in [0.3, 0.4) is 0 Å². The Balaban J connectivity index is 1.75. The predicted molar refractivity (Wildman–Crippen MR) is 76.3 cm³/mol. The van der Waals surface area contributed by atoms with E-state index in [1.807, 2.05) is 28.5 Å². The largest absolute Gasteiger partial charge is 0.350 e. The molecule has 2 aromatic heterocycles. The van der Waals surface area contributed by atoms with Crippen LogP contribution in [0.15, 0.2) is 18.3 Å². The molecule has 1 N–H and O–H groups in total. The summed E-state index contributed by atoms with van der Waals surface area (Å²) >= 11 is 1.97. The summed E-state index contributed by atoms with van der Waals surface area (Å²) in [5, 5.41) is 8.71. The zero-order chi connectivity index (χ0) is 12.5. The highest BCUT2D eigenvalue weighted by Gasteiger charge is 2.24. The Kier molecular flexibility index (Phi) is 3.16. The van der Waals surface area contributed by atoms with E-state index in [4.69, 9.17) is 0 Å². The van der Waals surface area contributed by atoms with Crippen LogP contribution in [0.25, 0.3) is 5.65 Å². The number of pyridine rings is 1. The van der Waals surface area contributed by atoms with E-state index in [0.29, 0.717) is 6.04 Å². The average molecular weight is 262 g/mol. The standard InChI is InChI=1S/C13H18N4S/c1-9-5-6-17-12(7-9)15-13(16-17)14-10-3-4-11(8-10)18-2/h5-7,10-11H,3-4,8H2,1-2H3,(H,14,16). The van der Waals surface area contributed by atoms with Crippen LogP contribution in [0.4, 0.5) is 5.95 Å². The lowest BCUT2D eigenvalue weighted by atomic mass is 10.2. The van der Waals surface area contributed by atoms with Crippen LogP contribution < -0.4 is 5.32 Å². The fraction of sp³-hybridized carbons (Fsp3) is 0.538. The number of nitrogens with one attached hydrogen (secondary N) is 1. The topological polar surface area (TPSA) is 42.2 Å². The number of hydrogen-bond acceptors (Lipinski definition) is 4. The third kappa shape index (κ3) is 2.32. The maximum atomic E-state index is 4.52. The zero-order valence-corrected chi connectivity index (χ0v) is 11.6. The molecule has 1 fully saturated rings. The maximum Gasteiger partial charge on any atom is 0.243 e. The number of aryl methyl sites for hydroxylation is 1. The first kappa shape index (κ1) is 11.8. The van der Waals surface area contributed by atoms with Crippen molar-refractivity contribution in [3.63, 3.8) is 0 Å². The Morgan fingerprint density at radius 3 is 3.11 bits per heavy atom. The second-order valence-corrected chi connectivity index (χ2v) is 6.09. The Hall–Kier alpha value is -1.23. The van der Waals surface area contributed by atoms with Crippen molar-refractivity contribution in [2.75, 3.05) is 11.6 Å². The maximum absolute atomic E-state index is 4.52. The number of anilines is 1. The zero-order valence-electron chi connectivity index (χ0n) is 10.8. The molecule has 1 aliphatic carbocycles. The molecule has 2 atom stereocenters. The van der Waals surface area contributed by atoms with Gasteiger partial charge in [-0.05, 0) is 50.1 Å². The Bertz CT molecular complexity index is 551. The molecule has 0 saturated heterocycles. The first-order valence-electron chi connectivity index (χ1n) is 6.37. The molecule has 4 nitrogen and oxygen atoms in total. The lowest BCUT2D eigenvalue weighted by Gasteiger charge is -2.10. The molecular formula is C13H18N4S. The van der Waals surface area contributed by atoms with Crippen LogP contribution in [-0.2, 0) is 0 Å². The van der Waals surface area contributed by atoms with Crippen molar-refractivity contribution in [2.24, 2.45) is 0 Å². The van der Waals surface area contributed by atoms with Gasteiger partial charge in [0.2, 0.25) is 5.95 Å². The lowest BCUT2D eigenvalue weighted by molar-refractivity contribution is 0.744. The van der Waals surface area contributed by atoms with Gasteiger partial charge in [0.15, 0.2) is 5.65 Å². The molecule has 0 radical (unpaired) electrons. The number of rotatable bonds is 3. The van der Waals surface area contributed by atoms with Crippen molar-refractivity contribution >= 4 is 23.4 Å². The monoisotopic (exact) mass is 262 g/mol. The summed E-state index contributed by atoms with van der Waals surface area (Å²) in [6, 6.07) is 4.63. The quantitative estimate of drug-likeness (QED) is 0.923. The van der Waals surface area contributed by atoms with Crippen molar-refractivity contribution in [2.45, 2.75) is 37.5 Å². The summed E-state index contributed by atoms with van der Waals surface area (Å²) < 4.78 is 1.83. The van der Waals surface area contributed by atoms with Crippen LogP contribution in [0.2, 0.25) is 0 Å². The highest BCUT2D eigenvalue weighted by atomic mass is 32.2. The van der Waals surface area contributed by atoms with Gasteiger partial charge in [-0.1, -0.05) is 0 Å². The minimum Gasteiger partial charge on any atom is -0.350 e. The van der Waals surface area contributed by atoms with Gasteiger partial charge < -0.3 is 5.32 Å². The van der Waals surface area contributed by atoms with Gasteiger partial charge in [0.25, 0.3) is 0 Å². The van der Waals surface area contributed by atoms with Crippen LogP contribution in [0.5, 0.6) is 0 Å². The molecule has 1 aliphatic rings. The lowest BCUT2D eigenvalue weighted by Crippen LogP contribution is -2.16. The molecule has 5 heteroatoms. The molecule has 0 amide bonds. The Morgan fingerprint density at radius 2 is 2.33 bits per heavy atom. The minimum atomic E-state index is 0.529. The van der Waals surface area contributed by atoms with Gasteiger partial charge >= 0.3 is 0 Å². The fourth-order valence-corrected chi connectivity index (χ4v) is 3.31. The summed E-state index contributed by atoms with van der Waals surface area (Å²) in [7, 11) is 0. The molecule has 1 saturated carbocycles. The van der Waals surface area contributed by atoms with Crippen molar-refractivity contribution < 1.29 is 0 Å². The van der Waals surface area contributed by atoms with Gasteiger partial charge in [-0.15, -0.1) is 5.10 Å². The molecule has 2 unspecified atom stereocenters. The van der Waals surface area contributed by atoms with Gasteiger partial charge in [0.1, 0.15) is 0 Å². The van der Waals surface area contributed by atoms with Gasteiger partial charge in [-0.3, -0.25) is 0 Å². The van der Waals surface area contributed by atoms with Crippen molar-refractivity contribution in [3.8, 4) is 0 Å². The smallest absolute Gasteiger partial charge is 0.243 e. The third-order valence-electron chi connectivity index (χ3n) is 3.54. The van der Waals surface area contributed by atoms with E-state index in [9.17, 15) is 0 Å². The highest BCUT2D eigenvalue weighted by molar-refractivity contribution is 7.99. The van der Waals surface area contributed by atoms with E-state index in [-0.39, 0.29) is 0 Å². The van der Waals surface area contributed by atoms with Crippen molar-refractivity contribution in [1.82, 2.24) is 14.6 Å². The number of aromatic nitrogens is 3. The van der Waals surface area contributed by atoms with Crippen LogP contribution in [-0.4, -0.2) is 32.1 Å². The van der Waals surface area contributed by atoms with E-state index in [1.165, 1.54) is 24.8 Å². The van der Waals surface area contributed by atoms with Crippen molar-refractivity contribution in [1.29, 1.82) is 0 Å². The molecule has 0 bridgehead atoms. The summed E-state index contributed by atoms with van der Waals surface area (Å²) in [6.45, 7) is 2.07. The van der Waals surface area contributed by atoms with Crippen LogP contribution in [0.1, 0.15) is 24.8 Å². The van der Waals surface area contributed by atoms with E-state index < -0.39 is 0 Å². The summed E-state index contributed by atoms with van der Waals surface area (Å²) in [6.07, 6.45) is 7.89. The van der Waals surface area contributed by atoms with Gasteiger partial charge in [-0.2, -0.15) is 16.7 Å². The molecule has 3 rings (SSSR count). The summed E-state index contributed by atoms with van der Waals surface area (Å²) in [4.78, 5) is 4.52. The normalized spacial score (nSPS) is 23.7. The van der Waals surface area contributed by atoms with Gasteiger partial charge in [0.05, 0.1) is 0 Å². The molecular weight excluding hydrogens is 244 g/mol. The summed E-state index contributed by atoms with van der Waals surface area (Å²) in [5.41, 5.74) is 2.13. The SMILES string of the molecule is CSC1CCC(Nc2nc3cc(C)ccn3n2)C1. The number of fused-ring (bicyclic) bond motifs is 1. The van der Waals surface area contributed by atoms with Crippen LogP contribution in [0, 0.1) is 6.92 Å². The molecule has 18 heavy (non-hydrogen) atoms. The van der Waals surface area contributed by atoms with Gasteiger partial charge in [-0.25, -0.2) is 4.52 Å². The predicted octanol–water partition coefficient (Wildman–Crippen LogP) is 2.73. The van der Waals surface area contributed by atoms with E-state index in [0.717, 1.165) is 16.8 Å². The Morgan fingerprint density at radius 1 is 1.44 bits per heavy atom. The second kappa shape index (κ2) is 4.80. The first-order chi connectivity index (χ1) is 8.74. The number of nitrogens with zero attached hydrogens (tertiary/aromatic N) is 3. The average Bonchev–Trinajstić information content (AvgIpc) is 2.95. The second-order valence-electron chi connectivity index (χ2n) is 4.95. The summed E-state index contributed by atoms with van der Waals surface area (Å²) in [5.74, 6) is 0.757. The molecule has 0 aromatic carbocycles. The minimum absolute atomic E-state index is 0.529. The highest BCUT2D eigenvalue weighted by Crippen LogP contribution is 2.29. The third-order valence-corrected chi connectivity index (χ3v) is 4.64. The fourth-order valence-electron chi connectivity index (χ4n) is 2.51. The van der Waals surface area contributed by atoms with E-state index >= 15 is 0 Å². The van der Waals surface area contributed by atoms with Gasteiger partial charge in [0, 0.05) is 17.5 Å². The molecule has 2 heterocycles. The molecule has 96 valence electrons. The number of thioether (sulfide) groups is 1. The number of hydrogen-bond donors (Lipinski definition) is 1. The Labute approximate surface area is 111 Å². The van der Waals surface area contributed by atoms with Crippen molar-refractivity contribution in [3.05, 3.63) is 23.9 Å². The van der Waals surface area contributed by atoms with E-state index in [2.05, 4.69) is 34.6 Å². The first-order valence-corrected chi connectivity index (χ1v) is 7.66. The molecule has 0 aliphatic heterocycles. The molecule has 0 spiro atoms. The van der Waals surface area contributed by atoms with Crippen LogP contribution >= 0.6 is 11.8 Å². The molecule has 2 aromatic rings. The van der Waals surface area contributed by atoms with E-state index in [1.54, 1.807) is 0 Å².